The Hall–Kier alpha value is -1.06. The Morgan fingerprint density at radius 3 is 2.37 bits per heavy atom. The van der Waals surface area contributed by atoms with Gasteiger partial charge < -0.3 is 11.1 Å². The standard InChI is InChI=1S/C15H28N2O2/c1-11(2)10-13(15(16)19)17-14(18)9-8-12-6-4-3-5-7-12/h11-13H,3-10H2,1-2H3,(H2,16,19)(H,17,18)/t13-/m0/s1. The zero-order valence-electron chi connectivity index (χ0n) is 12.3. The van der Waals surface area contributed by atoms with Gasteiger partial charge in [0.05, 0.1) is 0 Å². The summed E-state index contributed by atoms with van der Waals surface area (Å²) >= 11 is 0. The molecular weight excluding hydrogens is 240 g/mol. The summed E-state index contributed by atoms with van der Waals surface area (Å²) in [7, 11) is 0. The summed E-state index contributed by atoms with van der Waals surface area (Å²) < 4.78 is 0. The third-order valence-corrected chi connectivity index (χ3v) is 3.89. The molecule has 0 unspecified atom stereocenters. The third kappa shape index (κ3) is 6.60. The zero-order valence-corrected chi connectivity index (χ0v) is 12.3. The first kappa shape index (κ1) is 16.0. The second kappa shape index (κ2) is 8.18. The van der Waals surface area contributed by atoms with Crippen molar-refractivity contribution in [1.29, 1.82) is 0 Å². The van der Waals surface area contributed by atoms with Crippen LogP contribution in [-0.2, 0) is 9.59 Å². The largest absolute Gasteiger partial charge is 0.368 e. The van der Waals surface area contributed by atoms with Crippen LogP contribution in [0.3, 0.4) is 0 Å². The van der Waals surface area contributed by atoms with Crippen LogP contribution >= 0.6 is 0 Å². The Kier molecular flexibility index (Phi) is 6.89. The number of nitrogens with one attached hydrogen (secondary N) is 1. The third-order valence-electron chi connectivity index (χ3n) is 3.89. The molecule has 0 spiro atoms. The van der Waals surface area contributed by atoms with Crippen LogP contribution in [0.15, 0.2) is 0 Å². The van der Waals surface area contributed by atoms with E-state index in [-0.39, 0.29) is 5.91 Å². The molecule has 0 aromatic heterocycles. The first-order chi connectivity index (χ1) is 8.99. The van der Waals surface area contributed by atoms with Gasteiger partial charge in [-0.3, -0.25) is 9.59 Å². The van der Waals surface area contributed by atoms with Crippen LogP contribution in [0.5, 0.6) is 0 Å². The molecule has 1 saturated carbocycles. The number of nitrogens with two attached hydrogens (primary N) is 1. The summed E-state index contributed by atoms with van der Waals surface area (Å²) in [5.41, 5.74) is 5.32. The van der Waals surface area contributed by atoms with Crippen LogP contribution in [0.4, 0.5) is 0 Å². The normalized spacial score (nSPS) is 18.3. The molecule has 1 atom stereocenters. The minimum Gasteiger partial charge on any atom is -0.368 e. The molecule has 0 heterocycles. The van der Waals surface area contributed by atoms with E-state index in [1.54, 1.807) is 0 Å². The van der Waals surface area contributed by atoms with E-state index in [1.165, 1.54) is 32.1 Å². The Morgan fingerprint density at radius 2 is 1.84 bits per heavy atom. The first-order valence-corrected chi connectivity index (χ1v) is 7.57. The van der Waals surface area contributed by atoms with E-state index in [0.717, 1.165) is 6.42 Å². The van der Waals surface area contributed by atoms with E-state index in [2.05, 4.69) is 5.32 Å². The van der Waals surface area contributed by atoms with Crippen LogP contribution in [0.2, 0.25) is 0 Å². The summed E-state index contributed by atoms with van der Waals surface area (Å²) in [5, 5.41) is 2.77. The van der Waals surface area contributed by atoms with E-state index in [1.807, 2.05) is 13.8 Å². The van der Waals surface area contributed by atoms with Crippen molar-refractivity contribution < 1.29 is 9.59 Å². The van der Waals surface area contributed by atoms with Crippen molar-refractivity contribution in [2.75, 3.05) is 0 Å². The summed E-state index contributed by atoms with van der Waals surface area (Å²) in [4.78, 5) is 23.1. The molecule has 3 N–H and O–H groups in total. The van der Waals surface area contributed by atoms with Gasteiger partial charge in [-0.25, -0.2) is 0 Å². The SMILES string of the molecule is CC(C)C[C@H](NC(=O)CCC1CCCCC1)C(N)=O. The van der Waals surface area contributed by atoms with Gasteiger partial charge in [0.1, 0.15) is 6.04 Å². The number of hydrogen-bond donors (Lipinski definition) is 2. The molecule has 0 bridgehead atoms. The Balaban J connectivity index is 2.29. The quantitative estimate of drug-likeness (QED) is 0.744. The van der Waals surface area contributed by atoms with Gasteiger partial charge in [-0.05, 0) is 24.7 Å². The van der Waals surface area contributed by atoms with Gasteiger partial charge in [0.15, 0.2) is 0 Å². The second-order valence-electron chi connectivity index (χ2n) is 6.19. The van der Waals surface area contributed by atoms with Gasteiger partial charge in [0.2, 0.25) is 11.8 Å². The Morgan fingerprint density at radius 1 is 1.21 bits per heavy atom. The van der Waals surface area contributed by atoms with E-state index < -0.39 is 11.9 Å². The number of hydrogen-bond acceptors (Lipinski definition) is 2. The number of rotatable bonds is 7. The molecule has 1 aliphatic carbocycles. The molecule has 1 aliphatic rings. The maximum absolute atomic E-state index is 11.9. The molecule has 19 heavy (non-hydrogen) atoms. The lowest BCUT2D eigenvalue weighted by molar-refractivity contribution is -0.127. The summed E-state index contributed by atoms with van der Waals surface area (Å²) in [6.45, 7) is 4.04. The number of primary amides is 1. The molecule has 0 radical (unpaired) electrons. The van der Waals surface area contributed by atoms with Crippen LogP contribution in [0.1, 0.15) is 65.2 Å². The predicted octanol–water partition coefficient (Wildman–Crippen LogP) is 2.36. The van der Waals surface area contributed by atoms with Crippen molar-refractivity contribution >= 4 is 11.8 Å². The highest BCUT2D eigenvalue weighted by molar-refractivity contribution is 5.86. The van der Waals surface area contributed by atoms with Gasteiger partial charge in [0.25, 0.3) is 0 Å². The summed E-state index contributed by atoms with van der Waals surface area (Å²) in [6, 6.07) is -0.515. The molecule has 0 saturated heterocycles. The number of carbonyl (C=O) groups excluding carboxylic acids is 2. The Labute approximate surface area is 116 Å². The number of carbonyl (C=O) groups is 2. The van der Waals surface area contributed by atoms with Crippen LogP contribution in [0.25, 0.3) is 0 Å². The van der Waals surface area contributed by atoms with Crippen LogP contribution < -0.4 is 11.1 Å². The summed E-state index contributed by atoms with van der Waals surface area (Å²) in [5.74, 6) is 0.572. The fourth-order valence-electron chi connectivity index (χ4n) is 2.80. The van der Waals surface area contributed by atoms with Crippen molar-refractivity contribution in [3.05, 3.63) is 0 Å². The Bertz CT molecular complexity index is 297. The first-order valence-electron chi connectivity index (χ1n) is 7.57. The van der Waals surface area contributed by atoms with Crippen LogP contribution in [0, 0.1) is 11.8 Å². The highest BCUT2D eigenvalue weighted by Gasteiger charge is 2.20. The molecule has 1 fully saturated rings. The van der Waals surface area contributed by atoms with Crippen molar-refractivity contribution in [1.82, 2.24) is 5.32 Å². The molecule has 2 amide bonds. The second-order valence-corrected chi connectivity index (χ2v) is 6.19. The van der Waals surface area contributed by atoms with E-state index in [9.17, 15) is 9.59 Å². The van der Waals surface area contributed by atoms with Crippen molar-refractivity contribution in [2.24, 2.45) is 17.6 Å². The maximum atomic E-state index is 11.9. The average molecular weight is 268 g/mol. The maximum Gasteiger partial charge on any atom is 0.240 e. The molecule has 0 aromatic rings. The van der Waals surface area contributed by atoms with Gasteiger partial charge in [0, 0.05) is 6.42 Å². The smallest absolute Gasteiger partial charge is 0.240 e. The average Bonchev–Trinajstić information content (AvgIpc) is 2.36. The lowest BCUT2D eigenvalue weighted by Crippen LogP contribution is -2.45. The highest BCUT2D eigenvalue weighted by atomic mass is 16.2. The van der Waals surface area contributed by atoms with Crippen molar-refractivity contribution in [3.63, 3.8) is 0 Å². The zero-order chi connectivity index (χ0) is 14.3. The molecule has 1 rings (SSSR count). The molecule has 0 aromatic carbocycles. The van der Waals surface area contributed by atoms with Gasteiger partial charge >= 0.3 is 0 Å². The van der Waals surface area contributed by atoms with E-state index in [0.29, 0.717) is 24.7 Å². The molecular formula is C15H28N2O2. The van der Waals surface area contributed by atoms with Gasteiger partial charge in [-0.15, -0.1) is 0 Å². The fraction of sp³-hybridized carbons (Fsp3) is 0.867. The minimum absolute atomic E-state index is 0.0324. The molecule has 0 aliphatic heterocycles. The minimum atomic E-state index is -0.515. The van der Waals surface area contributed by atoms with E-state index in [4.69, 9.17) is 5.73 Å². The predicted molar refractivity (Wildman–Crippen MR) is 76.4 cm³/mol. The summed E-state index contributed by atoms with van der Waals surface area (Å²) in [6.07, 6.45) is 8.50. The van der Waals surface area contributed by atoms with Gasteiger partial charge in [-0.1, -0.05) is 46.0 Å². The molecule has 4 nitrogen and oxygen atoms in total. The highest BCUT2D eigenvalue weighted by Crippen LogP contribution is 2.27. The molecule has 4 heteroatoms. The molecule has 110 valence electrons. The number of amides is 2. The lowest BCUT2D eigenvalue weighted by Gasteiger charge is -2.22. The monoisotopic (exact) mass is 268 g/mol. The van der Waals surface area contributed by atoms with Crippen molar-refractivity contribution in [3.8, 4) is 0 Å². The fourth-order valence-corrected chi connectivity index (χ4v) is 2.80. The van der Waals surface area contributed by atoms with Gasteiger partial charge in [-0.2, -0.15) is 0 Å². The lowest BCUT2D eigenvalue weighted by atomic mass is 9.86. The van der Waals surface area contributed by atoms with Crippen LogP contribution in [-0.4, -0.2) is 17.9 Å². The van der Waals surface area contributed by atoms with E-state index >= 15 is 0 Å². The topological polar surface area (TPSA) is 72.2 Å². The van der Waals surface area contributed by atoms with Crippen molar-refractivity contribution in [2.45, 2.75) is 71.3 Å².